The molecule has 6 heteroatoms. The SMILES string of the molecule is CCS(=O)(=O)N1CCCC(CC(=O)O)C1. The molecule has 0 radical (unpaired) electrons. The smallest absolute Gasteiger partial charge is 0.303 e. The normalized spacial score (nSPS) is 23.9. The first-order valence-electron chi connectivity index (χ1n) is 5.15. The Balaban J connectivity index is 2.60. The first kappa shape index (κ1) is 12.4. The molecule has 1 rings (SSSR count). The Kier molecular flexibility index (Phi) is 4.10. The zero-order valence-electron chi connectivity index (χ0n) is 8.85. The third-order valence-corrected chi connectivity index (χ3v) is 4.55. The van der Waals surface area contributed by atoms with E-state index in [-0.39, 0.29) is 18.1 Å². The van der Waals surface area contributed by atoms with E-state index in [0.29, 0.717) is 13.1 Å². The summed E-state index contributed by atoms with van der Waals surface area (Å²) in [4.78, 5) is 10.5. The van der Waals surface area contributed by atoms with Gasteiger partial charge in [0.2, 0.25) is 10.0 Å². The molecular weight excluding hydrogens is 218 g/mol. The zero-order chi connectivity index (χ0) is 11.5. The van der Waals surface area contributed by atoms with Gasteiger partial charge in [-0.3, -0.25) is 4.79 Å². The van der Waals surface area contributed by atoms with E-state index in [9.17, 15) is 13.2 Å². The van der Waals surface area contributed by atoms with Gasteiger partial charge in [0.15, 0.2) is 0 Å². The van der Waals surface area contributed by atoms with Gasteiger partial charge in [-0.15, -0.1) is 0 Å². The van der Waals surface area contributed by atoms with Crippen molar-refractivity contribution >= 4 is 16.0 Å². The van der Waals surface area contributed by atoms with Gasteiger partial charge in [0.1, 0.15) is 0 Å². The largest absolute Gasteiger partial charge is 0.481 e. The van der Waals surface area contributed by atoms with E-state index in [0.717, 1.165) is 12.8 Å². The minimum atomic E-state index is -3.15. The van der Waals surface area contributed by atoms with Crippen molar-refractivity contribution in [2.24, 2.45) is 5.92 Å². The topological polar surface area (TPSA) is 74.7 Å². The minimum absolute atomic E-state index is 0.0300. The Hall–Kier alpha value is -0.620. The monoisotopic (exact) mass is 235 g/mol. The molecule has 0 bridgehead atoms. The van der Waals surface area contributed by atoms with Crippen LogP contribution in [0.2, 0.25) is 0 Å². The molecule has 1 atom stereocenters. The molecule has 0 aromatic heterocycles. The van der Waals surface area contributed by atoms with Crippen LogP contribution in [0.15, 0.2) is 0 Å². The lowest BCUT2D eigenvalue weighted by Gasteiger charge is -2.30. The lowest BCUT2D eigenvalue weighted by molar-refractivity contribution is -0.138. The first-order chi connectivity index (χ1) is 6.95. The number of carboxylic acid groups (broad SMARTS) is 1. The summed E-state index contributed by atoms with van der Waals surface area (Å²) in [5.74, 6) is -0.791. The summed E-state index contributed by atoms with van der Waals surface area (Å²) >= 11 is 0. The Morgan fingerprint density at radius 3 is 2.73 bits per heavy atom. The lowest BCUT2D eigenvalue weighted by Crippen LogP contribution is -2.41. The maximum absolute atomic E-state index is 11.6. The van der Waals surface area contributed by atoms with Gasteiger partial charge in [-0.1, -0.05) is 0 Å². The molecular formula is C9H17NO4S. The van der Waals surface area contributed by atoms with Crippen LogP contribution in [0.1, 0.15) is 26.2 Å². The predicted octanol–water partition coefficient (Wildman–Crippen LogP) is 0.523. The Labute approximate surface area is 90.1 Å². The minimum Gasteiger partial charge on any atom is -0.481 e. The molecule has 1 aliphatic rings. The molecule has 88 valence electrons. The molecule has 1 N–H and O–H groups in total. The molecule has 15 heavy (non-hydrogen) atoms. The van der Waals surface area contributed by atoms with Crippen molar-refractivity contribution in [2.75, 3.05) is 18.8 Å². The number of hydrogen-bond acceptors (Lipinski definition) is 3. The third-order valence-electron chi connectivity index (χ3n) is 2.70. The molecule has 1 heterocycles. The van der Waals surface area contributed by atoms with Crippen LogP contribution in [-0.2, 0) is 14.8 Å². The van der Waals surface area contributed by atoms with E-state index in [1.807, 2.05) is 0 Å². The Morgan fingerprint density at radius 2 is 2.20 bits per heavy atom. The maximum atomic E-state index is 11.6. The van der Waals surface area contributed by atoms with Crippen LogP contribution in [0.5, 0.6) is 0 Å². The van der Waals surface area contributed by atoms with Crippen molar-refractivity contribution in [2.45, 2.75) is 26.2 Å². The molecule has 0 aromatic rings. The second-order valence-corrected chi connectivity index (χ2v) is 6.12. The fourth-order valence-corrected chi connectivity index (χ4v) is 3.09. The van der Waals surface area contributed by atoms with Gasteiger partial charge in [-0.05, 0) is 25.7 Å². The van der Waals surface area contributed by atoms with E-state index < -0.39 is 16.0 Å². The molecule has 1 aliphatic heterocycles. The molecule has 0 saturated carbocycles. The van der Waals surface area contributed by atoms with E-state index in [4.69, 9.17) is 5.11 Å². The summed E-state index contributed by atoms with van der Waals surface area (Å²) in [6.45, 7) is 2.50. The molecule has 1 unspecified atom stereocenters. The van der Waals surface area contributed by atoms with Crippen molar-refractivity contribution in [1.82, 2.24) is 4.31 Å². The van der Waals surface area contributed by atoms with E-state index in [2.05, 4.69) is 0 Å². The number of nitrogens with zero attached hydrogens (tertiary/aromatic N) is 1. The van der Waals surface area contributed by atoms with Crippen molar-refractivity contribution in [3.8, 4) is 0 Å². The van der Waals surface area contributed by atoms with Crippen molar-refractivity contribution in [3.05, 3.63) is 0 Å². The van der Waals surface area contributed by atoms with Gasteiger partial charge in [0.25, 0.3) is 0 Å². The van der Waals surface area contributed by atoms with Crippen molar-refractivity contribution in [3.63, 3.8) is 0 Å². The quantitative estimate of drug-likeness (QED) is 0.771. The highest BCUT2D eigenvalue weighted by atomic mass is 32.2. The second-order valence-electron chi connectivity index (χ2n) is 3.86. The first-order valence-corrected chi connectivity index (χ1v) is 6.76. The van der Waals surface area contributed by atoms with Gasteiger partial charge in [-0.25, -0.2) is 12.7 Å². The second kappa shape index (κ2) is 4.94. The fourth-order valence-electron chi connectivity index (χ4n) is 1.88. The Morgan fingerprint density at radius 1 is 1.53 bits per heavy atom. The standard InChI is InChI=1S/C9H17NO4S/c1-2-15(13,14)10-5-3-4-8(7-10)6-9(11)12/h8H,2-7H2,1H3,(H,11,12). The van der Waals surface area contributed by atoms with Crippen LogP contribution in [-0.4, -0.2) is 42.6 Å². The number of carbonyl (C=O) groups is 1. The van der Waals surface area contributed by atoms with Crippen molar-refractivity contribution < 1.29 is 18.3 Å². The zero-order valence-corrected chi connectivity index (χ0v) is 9.66. The van der Waals surface area contributed by atoms with Gasteiger partial charge >= 0.3 is 5.97 Å². The molecule has 0 amide bonds. The summed E-state index contributed by atoms with van der Waals surface area (Å²) in [7, 11) is -3.15. The molecule has 5 nitrogen and oxygen atoms in total. The highest BCUT2D eigenvalue weighted by Gasteiger charge is 2.28. The molecule has 0 aromatic carbocycles. The van der Waals surface area contributed by atoms with E-state index >= 15 is 0 Å². The van der Waals surface area contributed by atoms with Crippen LogP contribution in [0, 0.1) is 5.92 Å². The summed E-state index contributed by atoms with van der Waals surface area (Å²) in [6, 6.07) is 0. The van der Waals surface area contributed by atoms with Crippen LogP contribution in [0.4, 0.5) is 0 Å². The highest BCUT2D eigenvalue weighted by molar-refractivity contribution is 7.89. The van der Waals surface area contributed by atoms with E-state index in [1.54, 1.807) is 6.92 Å². The third kappa shape index (κ3) is 3.46. The number of hydrogen-bond donors (Lipinski definition) is 1. The van der Waals surface area contributed by atoms with Gasteiger partial charge in [0, 0.05) is 19.5 Å². The van der Waals surface area contributed by atoms with Crippen LogP contribution in [0.3, 0.4) is 0 Å². The number of piperidine rings is 1. The van der Waals surface area contributed by atoms with Crippen LogP contribution < -0.4 is 0 Å². The Bertz CT molecular complexity index is 325. The number of aliphatic carboxylic acids is 1. The fraction of sp³-hybridized carbons (Fsp3) is 0.889. The average Bonchev–Trinajstić information content (AvgIpc) is 2.17. The lowest BCUT2D eigenvalue weighted by atomic mass is 9.96. The number of carboxylic acids is 1. The van der Waals surface area contributed by atoms with Crippen LogP contribution >= 0.6 is 0 Å². The summed E-state index contributed by atoms with van der Waals surface area (Å²) in [5.41, 5.74) is 0. The predicted molar refractivity (Wildman–Crippen MR) is 56.0 cm³/mol. The van der Waals surface area contributed by atoms with Gasteiger partial charge in [-0.2, -0.15) is 0 Å². The number of rotatable bonds is 4. The average molecular weight is 235 g/mol. The van der Waals surface area contributed by atoms with Gasteiger partial charge < -0.3 is 5.11 Å². The van der Waals surface area contributed by atoms with Crippen LogP contribution in [0.25, 0.3) is 0 Å². The highest BCUT2D eigenvalue weighted by Crippen LogP contribution is 2.21. The van der Waals surface area contributed by atoms with Gasteiger partial charge in [0.05, 0.1) is 5.75 Å². The molecule has 1 saturated heterocycles. The molecule has 0 spiro atoms. The summed E-state index contributed by atoms with van der Waals surface area (Å²) in [6.07, 6.45) is 1.63. The van der Waals surface area contributed by atoms with E-state index in [1.165, 1.54) is 4.31 Å². The summed E-state index contributed by atoms with van der Waals surface area (Å²) in [5, 5.41) is 8.64. The molecule has 1 fully saturated rings. The van der Waals surface area contributed by atoms with Crippen molar-refractivity contribution in [1.29, 1.82) is 0 Å². The maximum Gasteiger partial charge on any atom is 0.303 e. The summed E-state index contributed by atoms with van der Waals surface area (Å²) < 4.78 is 24.5. The molecule has 0 aliphatic carbocycles. The number of sulfonamides is 1.